The zero-order valence-corrected chi connectivity index (χ0v) is 11.7. The van der Waals surface area contributed by atoms with E-state index in [1.165, 1.54) is 6.07 Å². The number of fused-ring (bicyclic) bond motifs is 1. The summed E-state index contributed by atoms with van der Waals surface area (Å²) in [7, 11) is 1.59. The van der Waals surface area contributed by atoms with Gasteiger partial charge in [-0.3, -0.25) is 0 Å². The summed E-state index contributed by atoms with van der Waals surface area (Å²) in [4.78, 5) is 4.35. The molecule has 0 radical (unpaired) electrons. The number of ether oxygens (including phenoxy) is 1. The van der Waals surface area contributed by atoms with Crippen LogP contribution in [0, 0.1) is 0 Å². The van der Waals surface area contributed by atoms with E-state index in [1.54, 1.807) is 7.11 Å². The number of halogens is 3. The number of nitrogens with zero attached hydrogens (tertiary/aromatic N) is 2. The maximum Gasteiger partial charge on any atom is 0.416 e. The molecule has 1 aromatic carbocycles. The Kier molecular flexibility index (Phi) is 4.04. The van der Waals surface area contributed by atoms with Gasteiger partial charge in [0.25, 0.3) is 0 Å². The molecular formula is C14H17F3N2O. The molecule has 2 rings (SSSR count). The average molecular weight is 286 g/mol. The predicted octanol–water partition coefficient (Wildman–Crippen LogP) is 3.82. The molecule has 20 heavy (non-hydrogen) atoms. The molecule has 0 N–H and O–H groups in total. The van der Waals surface area contributed by atoms with Gasteiger partial charge in [0.2, 0.25) is 0 Å². The third kappa shape index (κ3) is 2.80. The molecule has 0 amide bonds. The van der Waals surface area contributed by atoms with Gasteiger partial charge in [-0.2, -0.15) is 13.2 Å². The fourth-order valence-electron chi connectivity index (χ4n) is 2.18. The van der Waals surface area contributed by atoms with E-state index in [0.717, 1.165) is 18.0 Å². The number of benzene rings is 1. The highest BCUT2D eigenvalue weighted by Gasteiger charge is 2.31. The Balaban J connectivity index is 2.55. The van der Waals surface area contributed by atoms with Crippen molar-refractivity contribution in [2.75, 3.05) is 13.7 Å². The molecule has 110 valence electrons. The molecule has 0 aliphatic rings. The Morgan fingerprint density at radius 3 is 2.55 bits per heavy atom. The number of aromatic nitrogens is 2. The molecule has 0 unspecified atom stereocenters. The highest BCUT2D eigenvalue weighted by Crippen LogP contribution is 2.32. The number of hydrogen-bond acceptors (Lipinski definition) is 2. The second-order valence-electron chi connectivity index (χ2n) is 4.97. The first-order valence-electron chi connectivity index (χ1n) is 6.41. The van der Waals surface area contributed by atoms with Crippen molar-refractivity contribution >= 4 is 11.0 Å². The summed E-state index contributed by atoms with van der Waals surface area (Å²) in [6.45, 7) is 5.00. The van der Waals surface area contributed by atoms with Gasteiger partial charge in [0.05, 0.1) is 23.2 Å². The highest BCUT2D eigenvalue weighted by molar-refractivity contribution is 5.77. The molecule has 2 aromatic rings. The van der Waals surface area contributed by atoms with Crippen LogP contribution in [0.5, 0.6) is 0 Å². The van der Waals surface area contributed by atoms with Crippen LogP contribution in [0.15, 0.2) is 18.2 Å². The summed E-state index contributed by atoms with van der Waals surface area (Å²) in [6.07, 6.45) is -4.34. The smallest absolute Gasteiger partial charge is 0.383 e. The molecule has 6 heteroatoms. The van der Waals surface area contributed by atoms with Crippen LogP contribution in [0.25, 0.3) is 11.0 Å². The van der Waals surface area contributed by atoms with E-state index in [0.29, 0.717) is 24.2 Å². The summed E-state index contributed by atoms with van der Waals surface area (Å²) < 4.78 is 45.2. The van der Waals surface area contributed by atoms with Crippen LogP contribution in [-0.4, -0.2) is 23.3 Å². The highest BCUT2D eigenvalue weighted by atomic mass is 19.4. The van der Waals surface area contributed by atoms with E-state index < -0.39 is 11.7 Å². The molecule has 0 saturated carbocycles. The average Bonchev–Trinajstić information content (AvgIpc) is 2.73. The maximum atomic E-state index is 12.7. The first kappa shape index (κ1) is 14.8. The van der Waals surface area contributed by atoms with E-state index in [1.807, 2.05) is 18.4 Å². The van der Waals surface area contributed by atoms with Gasteiger partial charge in [-0.05, 0) is 18.2 Å². The molecular weight excluding hydrogens is 269 g/mol. The van der Waals surface area contributed by atoms with Crippen LogP contribution in [0.1, 0.15) is 31.2 Å². The molecule has 0 aliphatic heterocycles. The van der Waals surface area contributed by atoms with Crippen LogP contribution in [0.2, 0.25) is 0 Å². The van der Waals surface area contributed by atoms with Crippen LogP contribution in [0.3, 0.4) is 0 Å². The number of imidazole rings is 1. The van der Waals surface area contributed by atoms with Gasteiger partial charge in [0, 0.05) is 19.6 Å². The first-order chi connectivity index (χ1) is 9.34. The standard InChI is InChI=1S/C14H17F3N2O/c1-9(2)13-18-11-8-10(14(15,16)17)4-5-12(11)19(13)6-7-20-3/h4-5,8-9H,6-7H2,1-3H3. The third-order valence-corrected chi connectivity index (χ3v) is 3.14. The SMILES string of the molecule is COCCn1c(C(C)C)nc2cc(C(F)(F)F)ccc21. The Bertz CT molecular complexity index is 602. The van der Waals surface area contributed by atoms with Crippen LogP contribution < -0.4 is 0 Å². The lowest BCUT2D eigenvalue weighted by molar-refractivity contribution is -0.137. The Morgan fingerprint density at radius 1 is 1.30 bits per heavy atom. The van der Waals surface area contributed by atoms with Crippen molar-refractivity contribution in [1.82, 2.24) is 9.55 Å². The summed E-state index contributed by atoms with van der Waals surface area (Å²) in [6, 6.07) is 3.68. The Morgan fingerprint density at radius 2 is 2.00 bits per heavy atom. The van der Waals surface area contributed by atoms with E-state index in [-0.39, 0.29) is 5.92 Å². The van der Waals surface area contributed by atoms with Crippen molar-refractivity contribution in [3.63, 3.8) is 0 Å². The van der Waals surface area contributed by atoms with E-state index in [9.17, 15) is 13.2 Å². The molecule has 0 bridgehead atoms. The van der Waals surface area contributed by atoms with Gasteiger partial charge < -0.3 is 9.30 Å². The third-order valence-electron chi connectivity index (χ3n) is 3.14. The molecule has 0 saturated heterocycles. The number of hydrogen-bond donors (Lipinski definition) is 0. The molecule has 3 nitrogen and oxygen atoms in total. The first-order valence-corrected chi connectivity index (χ1v) is 6.41. The van der Waals surface area contributed by atoms with Crippen molar-refractivity contribution in [3.8, 4) is 0 Å². The Labute approximate surface area is 115 Å². The van der Waals surface area contributed by atoms with Crippen molar-refractivity contribution in [2.45, 2.75) is 32.5 Å². The Hall–Kier alpha value is -1.56. The summed E-state index contributed by atoms with van der Waals surface area (Å²) >= 11 is 0. The fourth-order valence-corrected chi connectivity index (χ4v) is 2.18. The minimum absolute atomic E-state index is 0.133. The topological polar surface area (TPSA) is 27.1 Å². The number of rotatable bonds is 4. The lowest BCUT2D eigenvalue weighted by atomic mass is 10.2. The van der Waals surface area contributed by atoms with Gasteiger partial charge in [-0.1, -0.05) is 13.8 Å². The number of alkyl halides is 3. The van der Waals surface area contributed by atoms with E-state index in [4.69, 9.17) is 4.74 Å². The minimum Gasteiger partial charge on any atom is -0.383 e. The van der Waals surface area contributed by atoms with Gasteiger partial charge in [-0.15, -0.1) is 0 Å². The molecule has 1 aromatic heterocycles. The van der Waals surface area contributed by atoms with E-state index >= 15 is 0 Å². The van der Waals surface area contributed by atoms with Crippen molar-refractivity contribution < 1.29 is 17.9 Å². The van der Waals surface area contributed by atoms with Gasteiger partial charge in [0.15, 0.2) is 0 Å². The molecule has 1 heterocycles. The maximum absolute atomic E-state index is 12.7. The summed E-state index contributed by atoms with van der Waals surface area (Å²) in [5.74, 6) is 0.907. The zero-order chi connectivity index (χ0) is 14.9. The van der Waals surface area contributed by atoms with Crippen LogP contribution in [0.4, 0.5) is 13.2 Å². The van der Waals surface area contributed by atoms with Gasteiger partial charge >= 0.3 is 6.18 Å². The van der Waals surface area contributed by atoms with Crippen molar-refractivity contribution in [3.05, 3.63) is 29.6 Å². The summed E-state index contributed by atoms with van der Waals surface area (Å²) in [5, 5.41) is 0. The lowest BCUT2D eigenvalue weighted by Crippen LogP contribution is -2.09. The van der Waals surface area contributed by atoms with Gasteiger partial charge in [-0.25, -0.2) is 4.98 Å². The van der Waals surface area contributed by atoms with Crippen LogP contribution in [-0.2, 0) is 17.5 Å². The molecule has 0 aliphatic carbocycles. The summed E-state index contributed by atoms with van der Waals surface area (Å²) in [5.41, 5.74) is 0.412. The predicted molar refractivity (Wildman–Crippen MR) is 70.7 cm³/mol. The second kappa shape index (κ2) is 5.44. The fraction of sp³-hybridized carbons (Fsp3) is 0.500. The van der Waals surface area contributed by atoms with Gasteiger partial charge in [0.1, 0.15) is 5.82 Å². The lowest BCUT2D eigenvalue weighted by Gasteiger charge is -2.11. The largest absolute Gasteiger partial charge is 0.416 e. The van der Waals surface area contributed by atoms with Crippen molar-refractivity contribution in [1.29, 1.82) is 0 Å². The van der Waals surface area contributed by atoms with Crippen LogP contribution >= 0.6 is 0 Å². The van der Waals surface area contributed by atoms with E-state index in [2.05, 4.69) is 4.98 Å². The minimum atomic E-state index is -4.34. The number of methoxy groups -OCH3 is 1. The monoisotopic (exact) mass is 286 g/mol. The molecule has 0 fully saturated rings. The molecule has 0 spiro atoms. The molecule has 0 atom stereocenters. The van der Waals surface area contributed by atoms with Crippen molar-refractivity contribution in [2.24, 2.45) is 0 Å². The quantitative estimate of drug-likeness (QED) is 0.854. The second-order valence-corrected chi connectivity index (χ2v) is 4.97. The zero-order valence-electron chi connectivity index (χ0n) is 11.7. The normalized spacial score (nSPS) is 12.6.